The maximum atomic E-state index is 12.5. The van der Waals surface area contributed by atoms with E-state index >= 15 is 0 Å². The lowest BCUT2D eigenvalue weighted by atomic mass is 10.3. The second-order valence-electron chi connectivity index (χ2n) is 3.24. The maximum Gasteiger partial charge on any atom is 0.435 e. The third kappa shape index (κ3) is 2.25. The second-order valence-corrected chi connectivity index (χ2v) is 3.24. The number of alkyl halides is 3. The molecule has 6 heteroatoms. The van der Waals surface area contributed by atoms with Crippen LogP contribution in [0.4, 0.5) is 13.2 Å². The molecular weight excluding hydrogens is 233 g/mol. The van der Waals surface area contributed by atoms with E-state index in [1.54, 1.807) is 24.3 Å². The van der Waals surface area contributed by atoms with Gasteiger partial charge in [0.1, 0.15) is 0 Å². The Morgan fingerprint density at radius 1 is 1.29 bits per heavy atom. The summed E-state index contributed by atoms with van der Waals surface area (Å²) in [6, 6.07) is 9.99. The number of halogens is 3. The highest BCUT2D eigenvalue weighted by Gasteiger charge is 2.35. The molecule has 1 heterocycles. The summed E-state index contributed by atoms with van der Waals surface area (Å²) in [4.78, 5) is 0. The molecular formula is C11H8F3N2O. The number of benzene rings is 1. The summed E-state index contributed by atoms with van der Waals surface area (Å²) in [7, 11) is 1.29. The SMILES string of the molecule is COc1cc(C(F)(F)F)nn1-c1cc[c]cc1. The van der Waals surface area contributed by atoms with Gasteiger partial charge in [0.25, 0.3) is 0 Å². The average molecular weight is 241 g/mol. The quantitative estimate of drug-likeness (QED) is 0.808. The molecule has 0 N–H and O–H groups in total. The van der Waals surface area contributed by atoms with Gasteiger partial charge in [0.15, 0.2) is 5.69 Å². The Bertz CT molecular complexity index is 505. The van der Waals surface area contributed by atoms with Gasteiger partial charge in [0.05, 0.1) is 12.8 Å². The summed E-state index contributed by atoms with van der Waals surface area (Å²) in [5.74, 6) is 0.0310. The van der Waals surface area contributed by atoms with Crippen LogP contribution in [0.25, 0.3) is 5.69 Å². The number of hydrogen-bond acceptors (Lipinski definition) is 2. The fourth-order valence-electron chi connectivity index (χ4n) is 1.35. The van der Waals surface area contributed by atoms with Gasteiger partial charge in [-0.15, -0.1) is 0 Å². The van der Waals surface area contributed by atoms with Crippen molar-refractivity contribution in [3.63, 3.8) is 0 Å². The highest BCUT2D eigenvalue weighted by Crippen LogP contribution is 2.31. The molecule has 1 radical (unpaired) electrons. The first-order valence-electron chi connectivity index (χ1n) is 4.70. The van der Waals surface area contributed by atoms with E-state index in [9.17, 15) is 13.2 Å². The fraction of sp³-hybridized carbons (Fsp3) is 0.182. The summed E-state index contributed by atoms with van der Waals surface area (Å²) in [6.45, 7) is 0. The molecule has 0 saturated carbocycles. The number of ether oxygens (including phenoxy) is 1. The Morgan fingerprint density at radius 2 is 1.94 bits per heavy atom. The number of hydrogen-bond donors (Lipinski definition) is 0. The van der Waals surface area contributed by atoms with Crippen molar-refractivity contribution in [3.8, 4) is 11.6 Å². The van der Waals surface area contributed by atoms with Gasteiger partial charge in [-0.1, -0.05) is 12.1 Å². The molecule has 0 aliphatic rings. The molecule has 0 bridgehead atoms. The zero-order valence-corrected chi connectivity index (χ0v) is 8.82. The van der Waals surface area contributed by atoms with Gasteiger partial charge < -0.3 is 4.74 Å². The van der Waals surface area contributed by atoms with Crippen LogP contribution in [-0.2, 0) is 6.18 Å². The predicted octanol–water partition coefficient (Wildman–Crippen LogP) is 2.70. The van der Waals surface area contributed by atoms with Gasteiger partial charge in [-0.05, 0) is 18.2 Å². The van der Waals surface area contributed by atoms with Crippen LogP contribution >= 0.6 is 0 Å². The summed E-state index contributed by atoms with van der Waals surface area (Å²) in [5.41, 5.74) is -0.502. The number of methoxy groups -OCH3 is 1. The molecule has 89 valence electrons. The summed E-state index contributed by atoms with van der Waals surface area (Å²) in [6.07, 6.45) is -4.49. The van der Waals surface area contributed by atoms with Crippen LogP contribution in [-0.4, -0.2) is 16.9 Å². The zero-order chi connectivity index (χ0) is 12.5. The van der Waals surface area contributed by atoms with E-state index in [4.69, 9.17) is 4.74 Å². The van der Waals surface area contributed by atoms with Crippen LogP contribution < -0.4 is 4.74 Å². The van der Waals surface area contributed by atoms with Gasteiger partial charge in [-0.25, -0.2) is 4.68 Å². The number of aromatic nitrogens is 2. The standard InChI is InChI=1S/C11H8F3N2O/c1-17-10-7-9(11(12,13)14)15-16(10)8-5-3-2-4-6-8/h3-7H,1H3. The van der Waals surface area contributed by atoms with Crippen LogP contribution in [0.5, 0.6) is 5.88 Å². The third-order valence-corrected chi connectivity index (χ3v) is 2.12. The fourth-order valence-corrected chi connectivity index (χ4v) is 1.35. The smallest absolute Gasteiger partial charge is 0.435 e. The molecule has 0 unspecified atom stereocenters. The molecule has 1 aromatic heterocycles. The van der Waals surface area contributed by atoms with Gasteiger partial charge in [-0.3, -0.25) is 0 Å². The van der Waals surface area contributed by atoms with Crippen molar-refractivity contribution < 1.29 is 17.9 Å². The monoisotopic (exact) mass is 241 g/mol. The molecule has 0 amide bonds. The molecule has 17 heavy (non-hydrogen) atoms. The Kier molecular flexibility index (Phi) is 2.79. The Morgan fingerprint density at radius 3 is 2.47 bits per heavy atom. The number of rotatable bonds is 2. The van der Waals surface area contributed by atoms with Crippen LogP contribution in [0, 0.1) is 6.07 Å². The molecule has 0 saturated heterocycles. The molecule has 3 nitrogen and oxygen atoms in total. The van der Waals surface area contributed by atoms with Crippen molar-refractivity contribution >= 4 is 0 Å². The minimum Gasteiger partial charge on any atom is -0.481 e. The topological polar surface area (TPSA) is 27.1 Å². The van der Waals surface area contributed by atoms with Gasteiger partial charge in [0.2, 0.25) is 5.88 Å². The van der Waals surface area contributed by atoms with Crippen molar-refractivity contribution in [1.29, 1.82) is 0 Å². The maximum absolute atomic E-state index is 12.5. The minimum absolute atomic E-state index is 0.0310. The predicted molar refractivity (Wildman–Crippen MR) is 54.0 cm³/mol. The molecule has 2 rings (SSSR count). The van der Waals surface area contributed by atoms with Gasteiger partial charge in [0, 0.05) is 6.07 Å². The summed E-state index contributed by atoms with van der Waals surface area (Å²) in [5, 5.41) is 3.48. The molecule has 0 fully saturated rings. The van der Waals surface area contributed by atoms with Crippen LogP contribution in [0.1, 0.15) is 5.69 Å². The molecule has 1 aromatic carbocycles. The van der Waals surface area contributed by atoms with E-state index in [0.717, 1.165) is 10.7 Å². The van der Waals surface area contributed by atoms with E-state index in [0.29, 0.717) is 5.69 Å². The van der Waals surface area contributed by atoms with Crippen molar-refractivity contribution in [2.75, 3.05) is 7.11 Å². The van der Waals surface area contributed by atoms with E-state index in [1.165, 1.54) is 7.11 Å². The lowest BCUT2D eigenvalue weighted by molar-refractivity contribution is -0.141. The first-order valence-corrected chi connectivity index (χ1v) is 4.70. The third-order valence-electron chi connectivity index (χ3n) is 2.12. The lowest BCUT2D eigenvalue weighted by Gasteiger charge is -2.04. The van der Waals surface area contributed by atoms with E-state index < -0.39 is 11.9 Å². The van der Waals surface area contributed by atoms with Crippen molar-refractivity contribution in [1.82, 2.24) is 9.78 Å². The van der Waals surface area contributed by atoms with Crippen LogP contribution in [0.3, 0.4) is 0 Å². The summed E-state index contributed by atoms with van der Waals surface area (Å²) >= 11 is 0. The van der Waals surface area contributed by atoms with Crippen LogP contribution in [0.2, 0.25) is 0 Å². The van der Waals surface area contributed by atoms with E-state index in [-0.39, 0.29) is 5.88 Å². The normalized spacial score (nSPS) is 11.5. The largest absolute Gasteiger partial charge is 0.481 e. The van der Waals surface area contributed by atoms with E-state index in [2.05, 4.69) is 11.2 Å². The minimum atomic E-state index is -4.49. The molecule has 0 aliphatic heterocycles. The van der Waals surface area contributed by atoms with Gasteiger partial charge in [-0.2, -0.15) is 18.3 Å². The molecule has 0 aliphatic carbocycles. The highest BCUT2D eigenvalue weighted by atomic mass is 19.4. The van der Waals surface area contributed by atoms with Crippen molar-refractivity contribution in [3.05, 3.63) is 42.1 Å². The first kappa shape index (κ1) is 11.5. The Hall–Kier alpha value is -1.98. The van der Waals surface area contributed by atoms with E-state index in [1.807, 2.05) is 0 Å². The molecule has 0 atom stereocenters. The summed E-state index contributed by atoms with van der Waals surface area (Å²) < 4.78 is 43.4. The average Bonchev–Trinajstić information content (AvgIpc) is 2.73. The Balaban J connectivity index is 2.51. The first-order chi connectivity index (χ1) is 8.02. The molecule has 2 aromatic rings. The van der Waals surface area contributed by atoms with Crippen molar-refractivity contribution in [2.24, 2.45) is 0 Å². The highest BCUT2D eigenvalue weighted by molar-refractivity contribution is 5.35. The number of nitrogens with zero attached hydrogens (tertiary/aromatic N) is 2. The van der Waals surface area contributed by atoms with Gasteiger partial charge >= 0.3 is 6.18 Å². The lowest BCUT2D eigenvalue weighted by Crippen LogP contribution is -2.07. The molecule has 0 spiro atoms. The second kappa shape index (κ2) is 4.12. The zero-order valence-electron chi connectivity index (χ0n) is 8.82. The van der Waals surface area contributed by atoms with Crippen molar-refractivity contribution in [2.45, 2.75) is 6.18 Å². The van der Waals surface area contributed by atoms with Crippen LogP contribution in [0.15, 0.2) is 30.3 Å². The Labute approximate surface area is 95.4 Å².